The van der Waals surface area contributed by atoms with Gasteiger partial charge in [0, 0.05) is 16.1 Å². The lowest BCUT2D eigenvalue weighted by Gasteiger charge is -2.14. The number of aromatic nitrogens is 2. The average Bonchev–Trinajstić information content (AvgIpc) is 2.82. The number of rotatable bonds is 2. The Morgan fingerprint density at radius 3 is 2.72 bits per heavy atom. The van der Waals surface area contributed by atoms with E-state index in [2.05, 4.69) is 9.55 Å². The van der Waals surface area contributed by atoms with Crippen molar-refractivity contribution in [2.75, 3.05) is 6.26 Å². The molecule has 0 bridgehead atoms. The standard InChI is InChI=1S/C19H15ClFN3S/c1-11-23-19(25-2)17-10-22-18(13-5-3-4-6-15(13)21)14-9-12(20)7-8-16(14)24(11)17/h3-9H,10H2,1-2H3. The summed E-state index contributed by atoms with van der Waals surface area (Å²) in [4.78, 5) is 9.38. The Morgan fingerprint density at radius 2 is 1.96 bits per heavy atom. The molecule has 3 aromatic rings. The van der Waals surface area contributed by atoms with Gasteiger partial charge in [-0.05, 0) is 43.5 Å². The van der Waals surface area contributed by atoms with Gasteiger partial charge in [0.05, 0.1) is 23.6 Å². The first-order chi connectivity index (χ1) is 12.1. The number of halogens is 2. The second-order valence-corrected chi connectivity index (χ2v) is 6.99. The molecule has 2 heterocycles. The van der Waals surface area contributed by atoms with Crippen LogP contribution < -0.4 is 0 Å². The maximum absolute atomic E-state index is 14.4. The molecule has 0 amide bonds. The van der Waals surface area contributed by atoms with Crippen molar-refractivity contribution >= 4 is 29.1 Å². The van der Waals surface area contributed by atoms with Crippen molar-refractivity contribution in [3.05, 3.63) is 75.9 Å². The molecule has 0 spiro atoms. The molecule has 1 aromatic heterocycles. The minimum atomic E-state index is -0.293. The van der Waals surface area contributed by atoms with Gasteiger partial charge in [0.1, 0.15) is 16.7 Å². The van der Waals surface area contributed by atoms with Gasteiger partial charge in [-0.25, -0.2) is 9.37 Å². The molecule has 0 aliphatic carbocycles. The first kappa shape index (κ1) is 16.4. The van der Waals surface area contributed by atoms with E-state index in [9.17, 15) is 4.39 Å². The lowest BCUT2D eigenvalue weighted by Crippen LogP contribution is -2.09. The molecule has 0 saturated carbocycles. The van der Waals surface area contributed by atoms with Gasteiger partial charge < -0.3 is 0 Å². The fourth-order valence-electron chi connectivity index (χ4n) is 3.19. The van der Waals surface area contributed by atoms with Gasteiger partial charge in [-0.2, -0.15) is 0 Å². The fourth-order valence-corrected chi connectivity index (χ4v) is 3.98. The largest absolute Gasteiger partial charge is 0.297 e. The molecule has 1 aliphatic rings. The van der Waals surface area contributed by atoms with Crippen molar-refractivity contribution in [3.63, 3.8) is 0 Å². The van der Waals surface area contributed by atoms with Gasteiger partial charge in [0.2, 0.25) is 0 Å². The predicted molar refractivity (Wildman–Crippen MR) is 101 cm³/mol. The van der Waals surface area contributed by atoms with Gasteiger partial charge >= 0.3 is 0 Å². The van der Waals surface area contributed by atoms with Crippen molar-refractivity contribution in [2.24, 2.45) is 4.99 Å². The number of hydrogen-bond acceptors (Lipinski definition) is 3. The van der Waals surface area contributed by atoms with E-state index in [0.717, 1.165) is 27.8 Å². The Labute approximate surface area is 154 Å². The second-order valence-electron chi connectivity index (χ2n) is 5.76. The molecular weight excluding hydrogens is 357 g/mol. The van der Waals surface area contributed by atoms with Gasteiger partial charge in [-0.3, -0.25) is 9.56 Å². The van der Waals surface area contributed by atoms with Crippen LogP contribution in [0.5, 0.6) is 0 Å². The summed E-state index contributed by atoms with van der Waals surface area (Å²) in [7, 11) is 0. The van der Waals surface area contributed by atoms with Crippen molar-refractivity contribution < 1.29 is 4.39 Å². The summed E-state index contributed by atoms with van der Waals surface area (Å²) in [6.45, 7) is 2.41. The summed E-state index contributed by atoms with van der Waals surface area (Å²) in [6, 6.07) is 12.3. The highest BCUT2D eigenvalue weighted by Gasteiger charge is 2.24. The number of hydrogen-bond donors (Lipinski definition) is 0. The minimum Gasteiger partial charge on any atom is -0.297 e. The quantitative estimate of drug-likeness (QED) is 0.590. The van der Waals surface area contributed by atoms with Gasteiger partial charge in [0.25, 0.3) is 0 Å². The highest BCUT2D eigenvalue weighted by molar-refractivity contribution is 7.98. The first-order valence-electron chi connectivity index (χ1n) is 7.82. The molecule has 0 saturated heterocycles. The summed E-state index contributed by atoms with van der Waals surface area (Å²) in [5.74, 6) is 0.589. The Kier molecular flexibility index (Phi) is 4.13. The fraction of sp³-hybridized carbons (Fsp3) is 0.158. The van der Waals surface area contributed by atoms with E-state index >= 15 is 0 Å². The monoisotopic (exact) mass is 371 g/mol. The number of benzene rings is 2. The van der Waals surface area contributed by atoms with E-state index in [4.69, 9.17) is 16.6 Å². The molecule has 2 aromatic carbocycles. The highest BCUT2D eigenvalue weighted by Crippen LogP contribution is 2.33. The molecular formula is C19H15ClFN3S. The maximum atomic E-state index is 14.4. The number of nitrogens with zero attached hydrogens (tertiary/aromatic N) is 3. The van der Waals surface area contributed by atoms with Crippen LogP contribution in [-0.2, 0) is 6.54 Å². The number of aliphatic imine (C=N–C) groups is 1. The van der Waals surface area contributed by atoms with Crippen LogP contribution in [0.3, 0.4) is 0 Å². The minimum absolute atomic E-state index is 0.293. The van der Waals surface area contributed by atoms with Gasteiger partial charge in [0.15, 0.2) is 0 Å². The highest BCUT2D eigenvalue weighted by atomic mass is 35.5. The van der Waals surface area contributed by atoms with E-state index in [1.165, 1.54) is 6.07 Å². The Bertz CT molecular complexity index is 1010. The second kappa shape index (κ2) is 6.32. The van der Waals surface area contributed by atoms with E-state index in [-0.39, 0.29) is 5.82 Å². The summed E-state index contributed by atoms with van der Waals surface area (Å²) < 4.78 is 16.5. The summed E-state index contributed by atoms with van der Waals surface area (Å²) in [6.07, 6.45) is 2.00. The number of imidazole rings is 1. The van der Waals surface area contributed by atoms with Crippen LogP contribution >= 0.6 is 23.4 Å². The summed E-state index contributed by atoms with van der Waals surface area (Å²) in [5, 5.41) is 1.53. The third-order valence-electron chi connectivity index (χ3n) is 4.27. The van der Waals surface area contributed by atoms with E-state index < -0.39 is 0 Å². The van der Waals surface area contributed by atoms with Crippen LogP contribution in [0.15, 0.2) is 52.5 Å². The van der Waals surface area contributed by atoms with Gasteiger partial charge in [-0.15, -0.1) is 11.8 Å². The predicted octanol–water partition coefficient (Wildman–Crippen LogP) is 5.05. The van der Waals surface area contributed by atoms with Crippen molar-refractivity contribution in [3.8, 4) is 5.69 Å². The number of aryl methyl sites for hydroxylation is 1. The van der Waals surface area contributed by atoms with Gasteiger partial charge in [-0.1, -0.05) is 23.7 Å². The zero-order valence-electron chi connectivity index (χ0n) is 13.8. The molecule has 0 radical (unpaired) electrons. The Hall–Kier alpha value is -2.11. The lowest BCUT2D eigenvalue weighted by atomic mass is 10.00. The molecule has 6 heteroatoms. The Balaban J connectivity index is 2.03. The molecule has 126 valence electrons. The van der Waals surface area contributed by atoms with Crippen molar-refractivity contribution in [1.29, 1.82) is 0 Å². The van der Waals surface area contributed by atoms with Crippen molar-refractivity contribution in [1.82, 2.24) is 9.55 Å². The van der Waals surface area contributed by atoms with Crippen LogP contribution in [0.1, 0.15) is 22.6 Å². The third kappa shape index (κ3) is 2.68. The smallest absolute Gasteiger partial charge is 0.132 e. The number of fused-ring (bicyclic) bond motifs is 3. The molecule has 0 fully saturated rings. The van der Waals surface area contributed by atoms with Crippen LogP contribution in [0.2, 0.25) is 5.02 Å². The molecule has 0 N–H and O–H groups in total. The lowest BCUT2D eigenvalue weighted by molar-refractivity contribution is 0.625. The van der Waals surface area contributed by atoms with Crippen LogP contribution in [0.25, 0.3) is 5.69 Å². The zero-order chi connectivity index (χ0) is 17.6. The molecule has 1 aliphatic heterocycles. The first-order valence-corrected chi connectivity index (χ1v) is 9.42. The zero-order valence-corrected chi connectivity index (χ0v) is 15.3. The average molecular weight is 372 g/mol. The van der Waals surface area contributed by atoms with E-state index in [0.29, 0.717) is 22.8 Å². The SMILES string of the molecule is CSc1nc(C)n2c1CN=C(c1ccccc1F)c1cc(Cl)ccc1-2. The topological polar surface area (TPSA) is 30.2 Å². The molecule has 25 heavy (non-hydrogen) atoms. The normalized spacial score (nSPS) is 13.0. The Morgan fingerprint density at radius 1 is 1.16 bits per heavy atom. The maximum Gasteiger partial charge on any atom is 0.132 e. The third-order valence-corrected chi connectivity index (χ3v) is 5.22. The van der Waals surface area contributed by atoms with E-state index in [1.54, 1.807) is 23.9 Å². The summed E-state index contributed by atoms with van der Waals surface area (Å²) in [5.41, 5.74) is 3.84. The van der Waals surface area contributed by atoms with E-state index in [1.807, 2.05) is 37.4 Å². The van der Waals surface area contributed by atoms with Crippen molar-refractivity contribution in [2.45, 2.75) is 18.5 Å². The molecule has 3 nitrogen and oxygen atoms in total. The molecule has 4 rings (SSSR count). The van der Waals surface area contributed by atoms with Crippen LogP contribution in [0.4, 0.5) is 4.39 Å². The number of thioether (sulfide) groups is 1. The van der Waals surface area contributed by atoms with Crippen LogP contribution in [0, 0.1) is 12.7 Å². The summed E-state index contributed by atoms with van der Waals surface area (Å²) >= 11 is 7.83. The molecule has 0 unspecified atom stereocenters. The van der Waals surface area contributed by atoms with Crippen LogP contribution in [-0.4, -0.2) is 21.5 Å². The molecule has 0 atom stereocenters.